The Bertz CT molecular complexity index is 470. The first-order valence-corrected chi connectivity index (χ1v) is 4.10. The van der Waals surface area contributed by atoms with Crippen molar-refractivity contribution in [2.75, 3.05) is 5.73 Å². The monoisotopic (exact) mass is 197 g/mol. The standard InChI is InChI=1S/C9H9F2N3/c1-9(10,11)8-6-3-2-5(12)4-7(6)13-14-8/h2-4H,12H2,1H3,(H,13,14). The number of nitrogen functional groups attached to an aromatic ring is 1. The highest BCUT2D eigenvalue weighted by molar-refractivity contribution is 5.84. The van der Waals surface area contributed by atoms with E-state index in [0.717, 1.165) is 6.92 Å². The van der Waals surface area contributed by atoms with Crippen LogP contribution in [0.25, 0.3) is 10.9 Å². The van der Waals surface area contributed by atoms with Crippen LogP contribution < -0.4 is 5.73 Å². The Morgan fingerprint density at radius 3 is 2.79 bits per heavy atom. The van der Waals surface area contributed by atoms with Crippen LogP contribution in [-0.2, 0) is 5.92 Å². The zero-order chi connectivity index (χ0) is 10.3. The number of rotatable bonds is 1. The molecule has 1 heterocycles. The summed E-state index contributed by atoms with van der Waals surface area (Å²) in [6, 6.07) is 4.68. The molecule has 74 valence electrons. The number of fused-ring (bicyclic) bond motifs is 1. The molecule has 14 heavy (non-hydrogen) atoms. The van der Waals surface area contributed by atoms with Crippen LogP contribution in [0.15, 0.2) is 18.2 Å². The predicted octanol–water partition coefficient (Wildman–Crippen LogP) is 2.26. The first-order chi connectivity index (χ1) is 6.48. The van der Waals surface area contributed by atoms with Crippen molar-refractivity contribution in [1.82, 2.24) is 10.2 Å². The molecule has 2 rings (SSSR count). The summed E-state index contributed by atoms with van der Waals surface area (Å²) >= 11 is 0. The molecule has 0 saturated carbocycles. The van der Waals surface area contributed by atoms with Crippen LogP contribution >= 0.6 is 0 Å². The molecule has 0 aliphatic heterocycles. The van der Waals surface area contributed by atoms with E-state index in [4.69, 9.17) is 5.73 Å². The zero-order valence-corrected chi connectivity index (χ0v) is 7.51. The number of halogens is 2. The van der Waals surface area contributed by atoms with E-state index in [-0.39, 0.29) is 5.69 Å². The van der Waals surface area contributed by atoms with Gasteiger partial charge < -0.3 is 5.73 Å². The maximum Gasteiger partial charge on any atom is 0.287 e. The molecule has 2 aromatic rings. The Morgan fingerprint density at radius 1 is 1.43 bits per heavy atom. The third kappa shape index (κ3) is 1.30. The fourth-order valence-corrected chi connectivity index (χ4v) is 1.36. The quantitative estimate of drug-likeness (QED) is 0.689. The number of nitrogens with zero attached hydrogens (tertiary/aromatic N) is 1. The summed E-state index contributed by atoms with van der Waals surface area (Å²) in [5, 5.41) is 6.50. The molecular weight excluding hydrogens is 188 g/mol. The molecule has 5 heteroatoms. The summed E-state index contributed by atoms with van der Waals surface area (Å²) in [6.07, 6.45) is 0. The van der Waals surface area contributed by atoms with E-state index >= 15 is 0 Å². The number of alkyl halides is 2. The Balaban J connectivity index is 2.70. The summed E-state index contributed by atoms with van der Waals surface area (Å²) in [5.74, 6) is -2.91. The van der Waals surface area contributed by atoms with E-state index in [0.29, 0.717) is 16.6 Å². The lowest BCUT2D eigenvalue weighted by molar-refractivity contribution is 0.0142. The first-order valence-electron chi connectivity index (χ1n) is 4.10. The largest absolute Gasteiger partial charge is 0.399 e. The Labute approximate surface area is 78.9 Å². The van der Waals surface area contributed by atoms with Gasteiger partial charge in [0.25, 0.3) is 5.92 Å². The summed E-state index contributed by atoms with van der Waals surface area (Å²) < 4.78 is 26.0. The highest BCUT2D eigenvalue weighted by Crippen LogP contribution is 2.31. The van der Waals surface area contributed by atoms with Gasteiger partial charge in [-0.2, -0.15) is 13.9 Å². The summed E-state index contributed by atoms with van der Waals surface area (Å²) in [5.41, 5.74) is 6.30. The highest BCUT2D eigenvalue weighted by atomic mass is 19.3. The molecule has 0 unspecified atom stereocenters. The minimum Gasteiger partial charge on any atom is -0.399 e. The van der Waals surface area contributed by atoms with Crippen molar-refractivity contribution in [2.45, 2.75) is 12.8 Å². The first kappa shape index (κ1) is 8.93. The van der Waals surface area contributed by atoms with E-state index in [1.165, 1.54) is 0 Å². The topological polar surface area (TPSA) is 54.7 Å². The van der Waals surface area contributed by atoms with Gasteiger partial charge >= 0.3 is 0 Å². The number of benzene rings is 1. The van der Waals surface area contributed by atoms with Gasteiger partial charge in [-0.1, -0.05) is 0 Å². The number of H-pyrrole nitrogens is 1. The SMILES string of the molecule is CC(F)(F)c1[nH]nc2cc(N)ccc12. The minimum atomic E-state index is -2.91. The van der Waals surface area contributed by atoms with Gasteiger partial charge in [0.2, 0.25) is 0 Å². The third-order valence-corrected chi connectivity index (χ3v) is 2.02. The zero-order valence-electron chi connectivity index (χ0n) is 7.51. The van der Waals surface area contributed by atoms with Crippen LogP contribution in [0.3, 0.4) is 0 Å². The van der Waals surface area contributed by atoms with Crippen molar-refractivity contribution in [3.05, 3.63) is 23.9 Å². The summed E-state index contributed by atoms with van der Waals surface area (Å²) in [6.45, 7) is 0.830. The molecule has 3 N–H and O–H groups in total. The molecule has 1 aromatic carbocycles. The second-order valence-electron chi connectivity index (χ2n) is 3.26. The average molecular weight is 197 g/mol. The van der Waals surface area contributed by atoms with Gasteiger partial charge in [-0.15, -0.1) is 0 Å². The van der Waals surface area contributed by atoms with Gasteiger partial charge in [-0.05, 0) is 18.2 Å². The lowest BCUT2D eigenvalue weighted by Gasteiger charge is -2.07. The molecule has 0 spiro atoms. The molecule has 3 nitrogen and oxygen atoms in total. The van der Waals surface area contributed by atoms with Crippen molar-refractivity contribution < 1.29 is 8.78 Å². The number of aromatic amines is 1. The molecule has 0 radical (unpaired) electrons. The molecule has 0 aliphatic rings. The number of nitrogens with two attached hydrogens (primary N) is 1. The molecule has 1 aromatic heterocycles. The van der Waals surface area contributed by atoms with Crippen LogP contribution in [0.2, 0.25) is 0 Å². The Morgan fingerprint density at radius 2 is 2.14 bits per heavy atom. The minimum absolute atomic E-state index is 0.174. The van der Waals surface area contributed by atoms with Crippen molar-refractivity contribution in [2.24, 2.45) is 0 Å². The van der Waals surface area contributed by atoms with Crippen LogP contribution in [-0.4, -0.2) is 10.2 Å². The average Bonchev–Trinajstić information content (AvgIpc) is 2.45. The summed E-state index contributed by atoms with van der Waals surface area (Å²) in [7, 11) is 0. The number of nitrogens with one attached hydrogen (secondary N) is 1. The number of anilines is 1. The predicted molar refractivity (Wildman–Crippen MR) is 50.1 cm³/mol. The lowest BCUT2D eigenvalue weighted by Crippen LogP contribution is -2.07. The van der Waals surface area contributed by atoms with E-state index < -0.39 is 5.92 Å². The Kier molecular flexibility index (Phi) is 1.70. The van der Waals surface area contributed by atoms with Crippen LogP contribution in [0.1, 0.15) is 12.6 Å². The van der Waals surface area contributed by atoms with E-state index in [2.05, 4.69) is 10.2 Å². The molecule has 0 saturated heterocycles. The molecule has 0 aliphatic carbocycles. The lowest BCUT2D eigenvalue weighted by atomic mass is 10.1. The van der Waals surface area contributed by atoms with Crippen molar-refractivity contribution in [1.29, 1.82) is 0 Å². The molecule has 0 bridgehead atoms. The van der Waals surface area contributed by atoms with Gasteiger partial charge in [-0.25, -0.2) is 0 Å². The molecule has 0 amide bonds. The van der Waals surface area contributed by atoms with Crippen LogP contribution in [0.4, 0.5) is 14.5 Å². The maximum absolute atomic E-state index is 13.0. The number of aromatic nitrogens is 2. The molecular formula is C9H9F2N3. The van der Waals surface area contributed by atoms with Gasteiger partial charge in [0.15, 0.2) is 0 Å². The maximum atomic E-state index is 13.0. The molecule has 0 fully saturated rings. The normalized spacial score (nSPS) is 12.2. The van der Waals surface area contributed by atoms with E-state index in [1.54, 1.807) is 18.2 Å². The van der Waals surface area contributed by atoms with Crippen molar-refractivity contribution >= 4 is 16.6 Å². The summed E-state index contributed by atoms with van der Waals surface area (Å²) in [4.78, 5) is 0. The van der Waals surface area contributed by atoms with Crippen molar-refractivity contribution in [3.8, 4) is 0 Å². The fraction of sp³-hybridized carbons (Fsp3) is 0.222. The van der Waals surface area contributed by atoms with Gasteiger partial charge in [0.1, 0.15) is 5.69 Å². The number of hydrogen-bond donors (Lipinski definition) is 2. The van der Waals surface area contributed by atoms with Gasteiger partial charge in [-0.3, -0.25) is 5.10 Å². The fourth-order valence-electron chi connectivity index (χ4n) is 1.36. The smallest absolute Gasteiger partial charge is 0.287 e. The second-order valence-corrected chi connectivity index (χ2v) is 3.26. The molecule has 0 atom stereocenters. The van der Waals surface area contributed by atoms with Crippen molar-refractivity contribution in [3.63, 3.8) is 0 Å². The number of hydrogen-bond acceptors (Lipinski definition) is 2. The second kappa shape index (κ2) is 2.67. The van der Waals surface area contributed by atoms with E-state index in [9.17, 15) is 8.78 Å². The Hall–Kier alpha value is -1.65. The van der Waals surface area contributed by atoms with Crippen LogP contribution in [0.5, 0.6) is 0 Å². The third-order valence-electron chi connectivity index (χ3n) is 2.02. The van der Waals surface area contributed by atoms with E-state index in [1.807, 2.05) is 0 Å². The van der Waals surface area contributed by atoms with Gasteiger partial charge in [0, 0.05) is 18.0 Å². The van der Waals surface area contributed by atoms with Gasteiger partial charge in [0.05, 0.1) is 5.52 Å². The van der Waals surface area contributed by atoms with Crippen LogP contribution in [0, 0.1) is 0 Å². The highest BCUT2D eigenvalue weighted by Gasteiger charge is 2.28.